The van der Waals surface area contributed by atoms with Crippen molar-refractivity contribution in [2.45, 2.75) is 0 Å². The number of para-hydroxylation sites is 8. The summed E-state index contributed by atoms with van der Waals surface area (Å²) in [6.07, 6.45) is 0. The molecular weight excluding hydrogens is 667 g/mol. The van der Waals surface area contributed by atoms with Crippen molar-refractivity contribution in [3.63, 3.8) is 0 Å². The molecule has 0 radical (unpaired) electrons. The molecule has 0 amide bonds. The average Bonchev–Trinajstić information content (AvgIpc) is 3.02. The van der Waals surface area contributed by atoms with Crippen LogP contribution in [-0.2, 0) is 25.8 Å². The zero-order valence-electron chi connectivity index (χ0n) is 22.5. The molecule has 0 saturated carbocycles. The van der Waals surface area contributed by atoms with Gasteiger partial charge in [0.1, 0.15) is 0 Å². The Balaban J connectivity index is 0.000000184. The molecular formula is C36H28HfN4. The fraction of sp³-hybridized carbons (Fsp3) is 0. The van der Waals surface area contributed by atoms with Crippen LogP contribution in [0.2, 0.25) is 0 Å². The van der Waals surface area contributed by atoms with E-state index < -0.39 is 0 Å². The number of benzene rings is 6. The molecule has 41 heavy (non-hydrogen) atoms. The first kappa shape index (κ1) is 29.4. The van der Waals surface area contributed by atoms with Crippen LogP contribution in [0.5, 0.6) is 0 Å². The maximum Gasteiger partial charge on any atom is 4.00 e. The number of nitrogens with zero attached hydrogens (tertiary/aromatic N) is 4. The molecule has 0 fully saturated rings. The normalized spacial score (nSPS) is 9.76. The van der Waals surface area contributed by atoms with Gasteiger partial charge in [-0.1, -0.05) is 170 Å². The van der Waals surface area contributed by atoms with E-state index in [9.17, 15) is 0 Å². The molecule has 0 aliphatic heterocycles. The molecule has 6 aromatic rings. The van der Waals surface area contributed by atoms with Crippen molar-refractivity contribution >= 4 is 45.5 Å². The van der Waals surface area contributed by atoms with Gasteiger partial charge in [0, 0.05) is 0 Å². The molecule has 0 atom stereocenters. The molecule has 0 aliphatic rings. The van der Waals surface area contributed by atoms with Gasteiger partial charge in [-0.25, -0.2) is 0 Å². The van der Waals surface area contributed by atoms with Crippen LogP contribution >= 0.6 is 0 Å². The summed E-state index contributed by atoms with van der Waals surface area (Å²) in [4.78, 5) is 0. The molecule has 0 aliphatic carbocycles. The first-order valence-corrected chi connectivity index (χ1v) is 13.1. The smallest absolute Gasteiger partial charge is 0.659 e. The van der Waals surface area contributed by atoms with Crippen molar-refractivity contribution in [3.8, 4) is 0 Å². The van der Waals surface area contributed by atoms with E-state index in [-0.39, 0.29) is 25.8 Å². The zero-order chi connectivity index (χ0) is 27.2. The second-order valence-electron chi connectivity index (χ2n) is 8.77. The van der Waals surface area contributed by atoms with Crippen molar-refractivity contribution in [2.75, 3.05) is 0 Å². The second-order valence-corrected chi connectivity index (χ2v) is 8.77. The summed E-state index contributed by atoms with van der Waals surface area (Å²) in [5.74, 6) is 0. The molecule has 0 saturated heterocycles. The maximum atomic E-state index is 4.64. The molecule has 0 bridgehead atoms. The fourth-order valence-electron chi connectivity index (χ4n) is 3.87. The van der Waals surface area contributed by atoms with E-state index in [1.165, 1.54) is 0 Å². The third-order valence-corrected chi connectivity index (χ3v) is 5.79. The van der Waals surface area contributed by atoms with Crippen LogP contribution in [0.1, 0.15) is 0 Å². The van der Waals surface area contributed by atoms with Crippen LogP contribution in [-0.4, -0.2) is 0 Å². The standard InChI is InChI=1S/2C18H14N2.Hf/c2*1-3-9-15(10-4-1)19-17-13-7-8-14-18(17)20-16-11-5-2-6-12-16;/h2*1-14H;/q2*-2;+4. The van der Waals surface area contributed by atoms with E-state index in [0.29, 0.717) is 0 Å². The Labute approximate surface area is 261 Å². The van der Waals surface area contributed by atoms with Gasteiger partial charge < -0.3 is 21.3 Å². The van der Waals surface area contributed by atoms with Crippen LogP contribution in [0.3, 0.4) is 0 Å². The number of rotatable bonds is 8. The average molecular weight is 695 g/mol. The van der Waals surface area contributed by atoms with Crippen molar-refractivity contribution < 1.29 is 25.8 Å². The molecule has 196 valence electrons. The quantitative estimate of drug-likeness (QED) is 0.142. The van der Waals surface area contributed by atoms with Crippen LogP contribution in [0.25, 0.3) is 21.3 Å². The summed E-state index contributed by atoms with van der Waals surface area (Å²) in [6.45, 7) is 0. The minimum absolute atomic E-state index is 0. The molecule has 0 N–H and O–H groups in total. The van der Waals surface area contributed by atoms with Gasteiger partial charge in [-0.05, 0) is 0 Å². The summed E-state index contributed by atoms with van der Waals surface area (Å²) < 4.78 is 0. The molecule has 4 nitrogen and oxygen atoms in total. The van der Waals surface area contributed by atoms with Gasteiger partial charge in [0.2, 0.25) is 0 Å². The third-order valence-electron chi connectivity index (χ3n) is 5.79. The van der Waals surface area contributed by atoms with Crippen LogP contribution < -0.4 is 0 Å². The first-order valence-electron chi connectivity index (χ1n) is 13.1. The van der Waals surface area contributed by atoms with Gasteiger partial charge in [-0.15, -0.1) is 22.7 Å². The maximum absolute atomic E-state index is 4.64. The molecule has 6 rings (SSSR count). The summed E-state index contributed by atoms with van der Waals surface area (Å²) in [5.41, 5.74) is 7.24. The topological polar surface area (TPSA) is 56.4 Å². The van der Waals surface area contributed by atoms with Crippen LogP contribution in [0.15, 0.2) is 170 Å². The fourth-order valence-corrected chi connectivity index (χ4v) is 3.87. The minimum atomic E-state index is 0. The Morgan fingerprint density at radius 3 is 0.585 bits per heavy atom. The Morgan fingerprint density at radius 2 is 0.390 bits per heavy atom. The van der Waals surface area contributed by atoms with Gasteiger partial charge in [-0.2, -0.15) is 22.7 Å². The van der Waals surface area contributed by atoms with Crippen LogP contribution in [0.4, 0.5) is 45.5 Å². The Kier molecular flexibility index (Phi) is 11.4. The Morgan fingerprint density at radius 1 is 0.220 bits per heavy atom. The molecule has 6 aromatic carbocycles. The molecule has 0 unspecified atom stereocenters. The van der Waals surface area contributed by atoms with Crippen LogP contribution in [0, 0.1) is 0 Å². The summed E-state index contributed by atoms with van der Waals surface area (Å²) in [5, 5.41) is 18.6. The summed E-state index contributed by atoms with van der Waals surface area (Å²) in [6, 6.07) is 55.5. The minimum Gasteiger partial charge on any atom is -0.659 e. The number of hydrogen-bond acceptors (Lipinski definition) is 0. The number of hydrogen-bond donors (Lipinski definition) is 0. The van der Waals surface area contributed by atoms with Crippen molar-refractivity contribution in [1.29, 1.82) is 0 Å². The van der Waals surface area contributed by atoms with Gasteiger partial charge >= 0.3 is 25.8 Å². The summed E-state index contributed by atoms with van der Waals surface area (Å²) >= 11 is 0. The molecule has 0 spiro atoms. The molecule has 0 heterocycles. The zero-order valence-corrected chi connectivity index (χ0v) is 26.0. The van der Waals surface area contributed by atoms with E-state index in [1.807, 2.05) is 170 Å². The van der Waals surface area contributed by atoms with Crippen molar-refractivity contribution in [1.82, 2.24) is 0 Å². The second kappa shape index (κ2) is 15.8. The first-order chi connectivity index (χ1) is 19.8. The molecule has 0 aromatic heterocycles. The summed E-state index contributed by atoms with van der Waals surface area (Å²) in [7, 11) is 0. The van der Waals surface area contributed by atoms with Gasteiger partial charge in [0.05, 0.1) is 0 Å². The van der Waals surface area contributed by atoms with Gasteiger partial charge in [-0.3, -0.25) is 0 Å². The SMILES string of the molecule is [Hf+4].c1ccc([N-]c2ccccc2[N-]c2ccccc2)cc1.c1ccc([N-]c2ccccc2[N-]c2ccccc2)cc1. The van der Waals surface area contributed by atoms with Gasteiger partial charge in [0.25, 0.3) is 0 Å². The molecule has 5 heteroatoms. The van der Waals surface area contributed by atoms with E-state index in [1.54, 1.807) is 0 Å². The van der Waals surface area contributed by atoms with Crippen molar-refractivity contribution in [2.24, 2.45) is 0 Å². The van der Waals surface area contributed by atoms with E-state index in [2.05, 4.69) is 21.3 Å². The van der Waals surface area contributed by atoms with Gasteiger partial charge in [0.15, 0.2) is 0 Å². The monoisotopic (exact) mass is 696 g/mol. The van der Waals surface area contributed by atoms with E-state index >= 15 is 0 Å². The Hall–Kier alpha value is -4.61. The van der Waals surface area contributed by atoms with Crippen molar-refractivity contribution in [3.05, 3.63) is 191 Å². The Bertz CT molecular complexity index is 1330. The van der Waals surface area contributed by atoms with E-state index in [4.69, 9.17) is 0 Å². The predicted octanol–water partition coefficient (Wildman–Crippen LogP) is 12.7. The predicted molar refractivity (Wildman–Crippen MR) is 169 cm³/mol. The third kappa shape index (κ3) is 9.23. The largest absolute Gasteiger partial charge is 4.00 e. The van der Waals surface area contributed by atoms with E-state index in [0.717, 1.165) is 45.5 Å².